The summed E-state index contributed by atoms with van der Waals surface area (Å²) in [4.78, 5) is 17.8. The quantitative estimate of drug-likeness (QED) is 0.631. The second kappa shape index (κ2) is 6.57. The molecule has 3 aromatic heterocycles. The van der Waals surface area contributed by atoms with E-state index in [1.54, 1.807) is 6.92 Å². The van der Waals surface area contributed by atoms with Gasteiger partial charge in [-0.1, -0.05) is 0 Å². The van der Waals surface area contributed by atoms with Crippen molar-refractivity contribution in [2.24, 2.45) is 0 Å². The van der Waals surface area contributed by atoms with Crippen LogP contribution in [0.4, 0.5) is 38.1 Å². The number of carbonyl (C=O) groups excluding carboxylic acids is 1. The molecule has 8 nitrogen and oxygen atoms in total. The zero-order valence-electron chi connectivity index (χ0n) is 15.6. The third kappa shape index (κ3) is 3.00. The van der Waals surface area contributed by atoms with Gasteiger partial charge in [-0.2, -0.15) is 23.4 Å². The number of alkyl halides is 5. The van der Waals surface area contributed by atoms with Crippen LogP contribution in [0.25, 0.3) is 5.65 Å². The maximum atomic E-state index is 14.0. The van der Waals surface area contributed by atoms with E-state index in [1.165, 1.54) is 10.7 Å². The fourth-order valence-corrected chi connectivity index (χ4v) is 3.42. The molecular formula is C17H14F5N7O. The molecule has 1 N–H and O–H groups in total. The van der Waals surface area contributed by atoms with E-state index in [0.717, 1.165) is 30.3 Å². The van der Waals surface area contributed by atoms with Crippen molar-refractivity contribution < 1.29 is 26.7 Å². The van der Waals surface area contributed by atoms with Gasteiger partial charge in [0.15, 0.2) is 5.65 Å². The Morgan fingerprint density at radius 3 is 2.70 bits per heavy atom. The molecule has 0 bridgehead atoms. The number of aryl methyl sites for hydroxylation is 1. The number of imidazole rings is 1. The van der Waals surface area contributed by atoms with E-state index in [0.29, 0.717) is 5.69 Å². The van der Waals surface area contributed by atoms with Crippen molar-refractivity contribution in [1.82, 2.24) is 24.8 Å². The van der Waals surface area contributed by atoms with Gasteiger partial charge in [-0.05, 0) is 19.9 Å². The highest BCUT2D eigenvalue weighted by atomic mass is 19.4. The molecule has 0 aromatic carbocycles. The molecule has 1 unspecified atom stereocenters. The third-order valence-corrected chi connectivity index (χ3v) is 4.93. The highest BCUT2D eigenvalue weighted by Crippen LogP contribution is 2.51. The Labute approximate surface area is 165 Å². The minimum Gasteiger partial charge on any atom is -0.306 e. The molecule has 4 heterocycles. The molecule has 158 valence electrons. The molecule has 1 aliphatic rings. The Morgan fingerprint density at radius 2 is 2.03 bits per heavy atom. The maximum Gasteiger partial charge on any atom is 0.400 e. The average molecular weight is 427 g/mol. The lowest BCUT2D eigenvalue weighted by atomic mass is 9.84. The summed E-state index contributed by atoms with van der Waals surface area (Å²) in [5, 5.41) is 12.9. The summed E-state index contributed by atoms with van der Waals surface area (Å²) < 4.78 is 69.0. The molecule has 0 aliphatic carbocycles. The Kier molecular flexibility index (Phi) is 4.36. The van der Waals surface area contributed by atoms with Crippen LogP contribution >= 0.6 is 0 Å². The summed E-state index contributed by atoms with van der Waals surface area (Å²) in [5.74, 6) is 0. The van der Waals surface area contributed by atoms with Crippen LogP contribution in [-0.2, 0) is 5.41 Å². The lowest BCUT2D eigenvalue weighted by Crippen LogP contribution is -2.46. The fourth-order valence-electron chi connectivity index (χ4n) is 3.42. The second-order valence-corrected chi connectivity index (χ2v) is 7.07. The normalized spacial score (nSPS) is 18.9. The SMILES string of the molecule is Cc1cn2ncc3c(c2n1)C(C)(C(F)(F)F)CN3C(=O)Nc1cnnc(C(F)F)c1. The van der Waals surface area contributed by atoms with Crippen LogP contribution in [0.5, 0.6) is 0 Å². The van der Waals surface area contributed by atoms with E-state index in [1.807, 2.05) is 0 Å². The minimum atomic E-state index is -4.69. The van der Waals surface area contributed by atoms with Crippen LogP contribution in [0.2, 0.25) is 0 Å². The lowest BCUT2D eigenvalue weighted by molar-refractivity contribution is -0.180. The van der Waals surface area contributed by atoms with Crippen LogP contribution in [0.1, 0.15) is 30.3 Å². The number of anilines is 2. The second-order valence-electron chi connectivity index (χ2n) is 7.07. The van der Waals surface area contributed by atoms with Gasteiger partial charge in [0.05, 0.1) is 35.7 Å². The predicted molar refractivity (Wildman–Crippen MR) is 94.5 cm³/mol. The van der Waals surface area contributed by atoms with Gasteiger partial charge in [-0.15, -0.1) is 5.10 Å². The average Bonchev–Trinajstić information content (AvgIpc) is 3.19. The number of nitrogens with zero attached hydrogens (tertiary/aromatic N) is 6. The summed E-state index contributed by atoms with van der Waals surface area (Å²) in [6, 6.07) is -0.0542. The van der Waals surface area contributed by atoms with E-state index in [4.69, 9.17) is 0 Å². The van der Waals surface area contributed by atoms with Crippen molar-refractivity contribution in [3.8, 4) is 0 Å². The maximum absolute atomic E-state index is 14.0. The van der Waals surface area contributed by atoms with Gasteiger partial charge in [0.25, 0.3) is 6.43 Å². The summed E-state index contributed by atoms with van der Waals surface area (Å²) in [7, 11) is 0. The van der Waals surface area contributed by atoms with Gasteiger partial charge in [-0.3, -0.25) is 4.90 Å². The summed E-state index contributed by atoms with van der Waals surface area (Å²) in [5.41, 5.74) is -3.01. The first-order chi connectivity index (χ1) is 14.0. The highest BCUT2D eigenvalue weighted by molar-refractivity contribution is 6.04. The number of carbonyl (C=O) groups is 1. The lowest BCUT2D eigenvalue weighted by Gasteiger charge is -2.28. The first kappa shape index (κ1) is 19.9. The van der Waals surface area contributed by atoms with Gasteiger partial charge >= 0.3 is 12.2 Å². The number of nitrogens with one attached hydrogen (secondary N) is 1. The molecule has 0 fully saturated rings. The van der Waals surface area contributed by atoms with E-state index in [-0.39, 0.29) is 22.6 Å². The smallest absolute Gasteiger partial charge is 0.306 e. The number of urea groups is 1. The Bertz CT molecular complexity index is 1150. The molecule has 1 aliphatic heterocycles. The van der Waals surface area contributed by atoms with Crippen molar-refractivity contribution >= 4 is 23.1 Å². The molecule has 0 radical (unpaired) electrons. The summed E-state index contributed by atoms with van der Waals surface area (Å²) in [6.45, 7) is 1.86. The summed E-state index contributed by atoms with van der Waals surface area (Å²) >= 11 is 0. The van der Waals surface area contributed by atoms with Crippen LogP contribution in [0, 0.1) is 6.92 Å². The third-order valence-electron chi connectivity index (χ3n) is 4.93. The molecule has 0 saturated heterocycles. The number of hydrogen-bond donors (Lipinski definition) is 1. The minimum absolute atomic E-state index is 0.00862. The van der Waals surface area contributed by atoms with Gasteiger partial charge in [0.2, 0.25) is 0 Å². The molecule has 0 saturated carbocycles. The molecule has 30 heavy (non-hydrogen) atoms. The number of rotatable bonds is 2. The highest BCUT2D eigenvalue weighted by Gasteiger charge is 2.60. The number of hydrogen-bond acceptors (Lipinski definition) is 5. The Hall–Kier alpha value is -3.38. The van der Waals surface area contributed by atoms with E-state index in [2.05, 4.69) is 25.6 Å². The van der Waals surface area contributed by atoms with Crippen molar-refractivity contribution in [3.63, 3.8) is 0 Å². The fraction of sp³-hybridized carbons (Fsp3) is 0.353. The molecule has 1 atom stereocenters. The molecule has 2 amide bonds. The first-order valence-electron chi connectivity index (χ1n) is 8.63. The van der Waals surface area contributed by atoms with Gasteiger partial charge in [-0.25, -0.2) is 23.1 Å². The molecule has 4 rings (SSSR count). The topological polar surface area (TPSA) is 88.3 Å². The molecule has 3 aromatic rings. The number of halogens is 5. The zero-order chi connectivity index (χ0) is 21.8. The van der Waals surface area contributed by atoms with Crippen LogP contribution in [-0.4, -0.2) is 43.5 Å². The van der Waals surface area contributed by atoms with Crippen LogP contribution in [0.15, 0.2) is 24.7 Å². The Morgan fingerprint density at radius 1 is 1.30 bits per heavy atom. The Balaban J connectivity index is 1.77. The first-order valence-corrected chi connectivity index (χ1v) is 8.63. The van der Waals surface area contributed by atoms with Gasteiger partial charge in [0.1, 0.15) is 11.1 Å². The summed E-state index contributed by atoms with van der Waals surface area (Å²) in [6.07, 6.45) is -3.97. The van der Waals surface area contributed by atoms with Crippen molar-refractivity contribution in [2.45, 2.75) is 31.9 Å². The van der Waals surface area contributed by atoms with Crippen molar-refractivity contribution in [3.05, 3.63) is 41.6 Å². The number of fused-ring (bicyclic) bond motifs is 3. The predicted octanol–water partition coefficient (Wildman–Crippen LogP) is 3.64. The van der Waals surface area contributed by atoms with E-state index >= 15 is 0 Å². The van der Waals surface area contributed by atoms with Crippen molar-refractivity contribution in [1.29, 1.82) is 0 Å². The van der Waals surface area contributed by atoms with Gasteiger partial charge < -0.3 is 5.32 Å². The van der Waals surface area contributed by atoms with Gasteiger partial charge in [0, 0.05) is 12.1 Å². The number of amides is 2. The van der Waals surface area contributed by atoms with Crippen molar-refractivity contribution in [2.75, 3.05) is 16.8 Å². The monoisotopic (exact) mass is 427 g/mol. The molecule has 13 heteroatoms. The molecular weight excluding hydrogens is 413 g/mol. The largest absolute Gasteiger partial charge is 0.400 e. The van der Waals surface area contributed by atoms with E-state index < -0.39 is 36.3 Å². The van der Waals surface area contributed by atoms with E-state index in [9.17, 15) is 26.7 Å². The van der Waals surface area contributed by atoms with Crippen LogP contribution in [0.3, 0.4) is 0 Å². The molecule has 0 spiro atoms. The standard InChI is InChI=1S/C17H14F5N7O/c1-8-6-29-14(25-8)12-11(5-24-29)28(7-16(12,2)17(20,21)22)15(30)26-9-3-10(13(18)19)27-23-4-9/h3-6,13H,7H2,1-2H3,(H,26,27,30). The zero-order valence-corrected chi connectivity index (χ0v) is 15.6. The van der Waals surface area contributed by atoms with Crippen LogP contribution < -0.4 is 10.2 Å². The number of aromatic nitrogens is 5.